The summed E-state index contributed by atoms with van der Waals surface area (Å²) in [5.74, 6) is 0. The first kappa shape index (κ1) is 39.9. The molecule has 0 N–H and O–H groups in total. The summed E-state index contributed by atoms with van der Waals surface area (Å²) in [5.41, 5.74) is 22.4. The number of benzene rings is 11. The van der Waals surface area contributed by atoms with E-state index in [2.05, 4.69) is 287 Å². The van der Waals surface area contributed by atoms with Gasteiger partial charge < -0.3 is 14.4 Å². The van der Waals surface area contributed by atoms with Crippen LogP contribution in [0.5, 0.6) is 0 Å². The molecule has 1 spiro atoms. The molecule has 11 aromatic carbocycles. The van der Waals surface area contributed by atoms with Crippen molar-refractivity contribution in [2.24, 2.45) is 0 Å². The Morgan fingerprint density at radius 3 is 1.26 bits per heavy atom. The van der Waals surface area contributed by atoms with Crippen molar-refractivity contribution in [3.63, 3.8) is 0 Å². The van der Waals surface area contributed by atoms with Crippen molar-refractivity contribution in [2.45, 2.75) is 5.41 Å². The fourth-order valence-electron chi connectivity index (χ4n) is 11.8. The lowest BCUT2D eigenvalue weighted by Crippen LogP contribution is -2.26. The summed E-state index contributed by atoms with van der Waals surface area (Å²) >= 11 is 0. The quantitative estimate of drug-likeness (QED) is 0.151. The molecule has 0 fully saturated rings. The molecule has 0 amide bonds. The molecule has 0 bridgehead atoms. The topological polar surface area (TPSA) is 11.4 Å². The highest BCUT2D eigenvalue weighted by Crippen LogP contribution is 2.64. The molecule has 1 unspecified atom stereocenters. The average molecular weight is 892 g/mol. The first-order valence-electron chi connectivity index (χ1n) is 24.2. The molecule has 0 aliphatic heterocycles. The zero-order chi connectivity index (χ0) is 46.2. The number of para-hydroxylation sites is 4. The fourth-order valence-corrected chi connectivity index (χ4v) is 11.8. The lowest BCUT2D eigenvalue weighted by atomic mass is 9.70. The molecule has 1 aromatic heterocycles. The molecule has 1 heterocycles. The number of anilines is 6. The number of rotatable bonds is 8. The van der Waals surface area contributed by atoms with E-state index in [0.717, 1.165) is 39.8 Å². The standard InChI is InChI=1S/C67H45N3/c1-5-19-46(20-6-1)47-33-35-51(36-34-47)68(48-21-7-2-8-22-48)52-38-41-63-59(43-52)55-27-13-16-30-61(55)67(63)62-31-17-14-28-56(62)60-44-53(39-42-64(60)67)69(49-23-9-3-10-24-49)54-37-40-58-57-29-15-18-32-65(57)70(66(58)45-54)50-25-11-4-12-26-50/h1-45H. The van der Waals surface area contributed by atoms with Gasteiger partial charge >= 0.3 is 0 Å². The molecule has 2 aliphatic rings. The van der Waals surface area contributed by atoms with E-state index in [1.165, 1.54) is 77.4 Å². The SMILES string of the molecule is c1ccc(-c2ccc(N(c3ccccc3)c3ccc4c(c3)-c3ccccc3C43c4ccccc4-c4cc(N(c5ccccc5)c5ccc6c7ccccc7n(-c7ccccc7)c6c5)ccc43)cc2)cc1. The van der Waals surface area contributed by atoms with Gasteiger partial charge in [0, 0.05) is 50.6 Å². The second-order valence-electron chi connectivity index (χ2n) is 18.4. The van der Waals surface area contributed by atoms with E-state index in [9.17, 15) is 0 Å². The van der Waals surface area contributed by atoms with Crippen molar-refractivity contribution >= 4 is 55.9 Å². The maximum atomic E-state index is 2.44. The predicted octanol–water partition coefficient (Wildman–Crippen LogP) is 17.7. The smallest absolute Gasteiger partial charge is 0.0725 e. The van der Waals surface area contributed by atoms with Crippen LogP contribution in [0.1, 0.15) is 22.3 Å². The Kier molecular flexibility index (Phi) is 9.11. The molecule has 2 aliphatic carbocycles. The molecule has 328 valence electrons. The van der Waals surface area contributed by atoms with Crippen LogP contribution in [-0.2, 0) is 5.41 Å². The molecule has 0 radical (unpaired) electrons. The van der Waals surface area contributed by atoms with Gasteiger partial charge in [0.25, 0.3) is 0 Å². The van der Waals surface area contributed by atoms with Crippen molar-refractivity contribution < 1.29 is 0 Å². The molecular weight excluding hydrogens is 847 g/mol. The lowest BCUT2D eigenvalue weighted by molar-refractivity contribution is 0.793. The Balaban J connectivity index is 0.938. The van der Waals surface area contributed by atoms with Gasteiger partial charge in [0.2, 0.25) is 0 Å². The zero-order valence-electron chi connectivity index (χ0n) is 38.3. The summed E-state index contributed by atoms with van der Waals surface area (Å²) < 4.78 is 2.40. The molecule has 14 rings (SSSR count). The molecule has 0 saturated carbocycles. The van der Waals surface area contributed by atoms with Gasteiger partial charge in [-0.1, -0.05) is 182 Å². The molecule has 3 heteroatoms. The Labute approximate surface area is 408 Å². The third-order valence-corrected chi connectivity index (χ3v) is 14.8. The first-order valence-corrected chi connectivity index (χ1v) is 24.2. The average Bonchev–Trinajstić information content (AvgIpc) is 4.03. The Hall–Kier alpha value is -9.18. The summed E-state index contributed by atoms with van der Waals surface area (Å²) in [6.07, 6.45) is 0. The van der Waals surface area contributed by atoms with Crippen LogP contribution in [0.4, 0.5) is 34.1 Å². The summed E-state index contributed by atoms with van der Waals surface area (Å²) in [4.78, 5) is 4.81. The van der Waals surface area contributed by atoms with Gasteiger partial charge in [0.1, 0.15) is 0 Å². The largest absolute Gasteiger partial charge is 0.310 e. The number of fused-ring (bicyclic) bond motifs is 13. The highest BCUT2D eigenvalue weighted by Gasteiger charge is 2.51. The first-order chi connectivity index (χ1) is 34.7. The van der Waals surface area contributed by atoms with Crippen molar-refractivity contribution in [3.8, 4) is 39.1 Å². The van der Waals surface area contributed by atoms with E-state index >= 15 is 0 Å². The van der Waals surface area contributed by atoms with Gasteiger partial charge in [-0.2, -0.15) is 0 Å². The van der Waals surface area contributed by atoms with Crippen LogP contribution < -0.4 is 9.80 Å². The molecular formula is C67H45N3. The number of hydrogen-bond donors (Lipinski definition) is 0. The van der Waals surface area contributed by atoms with Crippen LogP contribution in [0, 0.1) is 0 Å². The predicted molar refractivity (Wildman–Crippen MR) is 292 cm³/mol. The van der Waals surface area contributed by atoms with Crippen LogP contribution in [0.2, 0.25) is 0 Å². The fraction of sp³-hybridized carbons (Fsp3) is 0.0149. The summed E-state index contributed by atoms with van der Waals surface area (Å²) in [6.45, 7) is 0. The maximum Gasteiger partial charge on any atom is 0.0725 e. The van der Waals surface area contributed by atoms with Crippen molar-refractivity contribution in [2.75, 3.05) is 9.80 Å². The zero-order valence-corrected chi connectivity index (χ0v) is 38.3. The van der Waals surface area contributed by atoms with Crippen LogP contribution in [0.15, 0.2) is 273 Å². The van der Waals surface area contributed by atoms with Crippen LogP contribution in [0.3, 0.4) is 0 Å². The number of nitrogens with zero attached hydrogens (tertiary/aromatic N) is 3. The third kappa shape index (κ3) is 6.01. The molecule has 1 atom stereocenters. The van der Waals surface area contributed by atoms with Gasteiger partial charge in [-0.15, -0.1) is 0 Å². The number of aromatic nitrogens is 1. The minimum Gasteiger partial charge on any atom is -0.310 e. The molecule has 3 nitrogen and oxygen atoms in total. The van der Waals surface area contributed by atoms with E-state index < -0.39 is 5.41 Å². The van der Waals surface area contributed by atoms with E-state index in [1.54, 1.807) is 0 Å². The minimum atomic E-state index is -0.503. The van der Waals surface area contributed by atoms with Gasteiger partial charge in [0.05, 0.1) is 16.4 Å². The molecule has 70 heavy (non-hydrogen) atoms. The van der Waals surface area contributed by atoms with Crippen molar-refractivity contribution in [1.82, 2.24) is 4.57 Å². The second kappa shape index (κ2) is 16.0. The van der Waals surface area contributed by atoms with Crippen molar-refractivity contribution in [1.29, 1.82) is 0 Å². The van der Waals surface area contributed by atoms with Crippen LogP contribution in [0.25, 0.3) is 60.9 Å². The highest BCUT2D eigenvalue weighted by atomic mass is 15.1. The second-order valence-corrected chi connectivity index (χ2v) is 18.4. The Morgan fingerprint density at radius 1 is 0.257 bits per heavy atom. The van der Waals surface area contributed by atoms with E-state index in [4.69, 9.17) is 0 Å². The van der Waals surface area contributed by atoms with Gasteiger partial charge in [-0.05, 0) is 147 Å². The Morgan fingerprint density at radius 2 is 0.657 bits per heavy atom. The summed E-state index contributed by atoms with van der Waals surface area (Å²) in [7, 11) is 0. The van der Waals surface area contributed by atoms with Gasteiger partial charge in [0.15, 0.2) is 0 Å². The van der Waals surface area contributed by atoms with Crippen LogP contribution >= 0.6 is 0 Å². The summed E-state index contributed by atoms with van der Waals surface area (Å²) in [6, 6.07) is 100. The van der Waals surface area contributed by atoms with Gasteiger partial charge in [-0.25, -0.2) is 0 Å². The normalized spacial score (nSPS) is 14.1. The maximum absolute atomic E-state index is 2.44. The van der Waals surface area contributed by atoms with Crippen LogP contribution in [-0.4, -0.2) is 4.57 Å². The third-order valence-electron chi connectivity index (χ3n) is 14.8. The highest BCUT2D eigenvalue weighted by molar-refractivity contribution is 6.10. The molecule has 12 aromatic rings. The van der Waals surface area contributed by atoms with Gasteiger partial charge in [-0.3, -0.25) is 0 Å². The van der Waals surface area contributed by atoms with E-state index in [-0.39, 0.29) is 0 Å². The Bertz CT molecular complexity index is 3930. The monoisotopic (exact) mass is 891 g/mol. The number of hydrogen-bond acceptors (Lipinski definition) is 2. The molecule has 0 saturated heterocycles. The summed E-state index contributed by atoms with van der Waals surface area (Å²) in [5, 5.41) is 2.48. The van der Waals surface area contributed by atoms with Crippen molar-refractivity contribution in [3.05, 3.63) is 295 Å². The van der Waals surface area contributed by atoms with E-state index in [1.807, 2.05) is 0 Å². The van der Waals surface area contributed by atoms with E-state index in [0.29, 0.717) is 0 Å². The lowest BCUT2D eigenvalue weighted by Gasteiger charge is -2.32. The minimum absolute atomic E-state index is 0.503.